The van der Waals surface area contributed by atoms with Gasteiger partial charge in [-0.1, -0.05) is 13.8 Å². The van der Waals surface area contributed by atoms with Crippen LogP contribution in [0.5, 0.6) is 11.5 Å². The molecule has 31 heavy (non-hydrogen) atoms. The van der Waals surface area contributed by atoms with E-state index in [-0.39, 0.29) is 21.6 Å². The molecule has 0 aliphatic carbocycles. The summed E-state index contributed by atoms with van der Waals surface area (Å²) in [6.07, 6.45) is 0. The first-order valence-corrected chi connectivity index (χ1v) is 13.1. The molecule has 0 saturated carbocycles. The summed E-state index contributed by atoms with van der Waals surface area (Å²) in [5, 5.41) is 7.72. The first kappa shape index (κ1) is 23.5. The number of nitrogens with two attached hydrogens (primary N) is 1. The first-order valence-electron chi connectivity index (χ1n) is 9.28. The second-order valence-corrected chi connectivity index (χ2v) is 11.8. The molecule has 0 fully saturated rings. The molecule has 1 atom stereocenters. The third kappa shape index (κ3) is 5.74. The van der Waals surface area contributed by atoms with Crippen LogP contribution in [0.2, 0.25) is 0 Å². The fraction of sp³-hybridized carbons (Fsp3) is 0.389. The Labute approximate surface area is 184 Å². The van der Waals surface area contributed by atoms with Crippen molar-refractivity contribution < 1.29 is 31.1 Å². The number of hydrogen-bond acceptors (Lipinski definition) is 8. The smallest absolute Gasteiger partial charge is 0.247 e. The van der Waals surface area contributed by atoms with Crippen LogP contribution >= 0.6 is 11.3 Å². The van der Waals surface area contributed by atoms with Gasteiger partial charge < -0.3 is 14.8 Å². The van der Waals surface area contributed by atoms with Gasteiger partial charge in [-0.3, -0.25) is 4.79 Å². The molecule has 1 amide bonds. The van der Waals surface area contributed by atoms with E-state index in [4.69, 9.17) is 14.6 Å². The van der Waals surface area contributed by atoms with Gasteiger partial charge >= 0.3 is 0 Å². The monoisotopic (exact) mass is 489 g/mol. The Kier molecular flexibility index (Phi) is 6.91. The molecule has 1 aromatic heterocycles. The van der Waals surface area contributed by atoms with E-state index in [9.17, 15) is 21.6 Å². The highest BCUT2D eigenvalue weighted by Gasteiger charge is 2.29. The zero-order chi connectivity index (χ0) is 22.8. The van der Waals surface area contributed by atoms with Crippen LogP contribution in [0.3, 0.4) is 0 Å². The van der Waals surface area contributed by atoms with Crippen molar-refractivity contribution in [3.8, 4) is 11.5 Å². The van der Waals surface area contributed by atoms with E-state index in [1.54, 1.807) is 13.8 Å². The lowest BCUT2D eigenvalue weighted by Gasteiger charge is -2.22. The van der Waals surface area contributed by atoms with Crippen LogP contribution in [-0.2, 0) is 31.4 Å². The molecule has 2 heterocycles. The number of nitrogens with one attached hydrogen (secondary N) is 2. The quantitative estimate of drug-likeness (QED) is 0.495. The topological polar surface area (TPSA) is 154 Å². The van der Waals surface area contributed by atoms with Gasteiger partial charge in [0, 0.05) is 10.9 Å². The number of thiophene rings is 1. The van der Waals surface area contributed by atoms with Gasteiger partial charge in [0.25, 0.3) is 0 Å². The predicted molar refractivity (Wildman–Crippen MR) is 114 cm³/mol. The molecule has 1 aromatic carbocycles. The Morgan fingerprint density at radius 3 is 2.39 bits per heavy atom. The van der Waals surface area contributed by atoms with E-state index in [1.165, 1.54) is 30.3 Å². The number of carbonyl (C=O) groups is 1. The van der Waals surface area contributed by atoms with Gasteiger partial charge in [0.15, 0.2) is 11.5 Å². The maximum absolute atomic E-state index is 12.9. The summed E-state index contributed by atoms with van der Waals surface area (Å²) >= 11 is 0.933. The number of amides is 1. The summed E-state index contributed by atoms with van der Waals surface area (Å²) in [6.45, 7) is 4.16. The summed E-state index contributed by atoms with van der Waals surface area (Å²) in [7, 11) is -7.84. The molecule has 4 N–H and O–H groups in total. The molecule has 0 radical (unpaired) electrons. The number of sulfonamides is 2. The summed E-state index contributed by atoms with van der Waals surface area (Å²) in [5.41, 5.74) is 0. The van der Waals surface area contributed by atoms with Crippen LogP contribution in [0, 0.1) is 5.92 Å². The zero-order valence-corrected chi connectivity index (χ0v) is 19.3. The molecule has 0 bridgehead atoms. The molecule has 1 aliphatic heterocycles. The maximum Gasteiger partial charge on any atom is 0.247 e. The van der Waals surface area contributed by atoms with Crippen molar-refractivity contribution in [3.05, 3.63) is 35.2 Å². The Morgan fingerprint density at radius 1 is 1.10 bits per heavy atom. The van der Waals surface area contributed by atoms with Crippen molar-refractivity contribution in [2.45, 2.75) is 35.5 Å². The minimum Gasteiger partial charge on any atom is -0.486 e. The highest BCUT2D eigenvalue weighted by Crippen LogP contribution is 2.32. The number of benzene rings is 1. The van der Waals surface area contributed by atoms with Crippen LogP contribution in [0.1, 0.15) is 18.7 Å². The SMILES string of the molecule is CC(C)[C@H](NS(=O)(=O)c1ccc2c(c1)OCCO2)C(=O)NCc1ccc(S(N)(=O)=O)s1. The lowest BCUT2D eigenvalue weighted by atomic mass is 10.1. The van der Waals surface area contributed by atoms with E-state index >= 15 is 0 Å². The summed E-state index contributed by atoms with van der Waals surface area (Å²) in [5.74, 6) is -0.113. The minimum absolute atomic E-state index is 0.0172. The van der Waals surface area contributed by atoms with E-state index < -0.39 is 32.0 Å². The molecule has 170 valence electrons. The largest absolute Gasteiger partial charge is 0.486 e. The maximum atomic E-state index is 12.9. The van der Waals surface area contributed by atoms with Gasteiger partial charge in [0.1, 0.15) is 23.5 Å². The number of primary sulfonamides is 1. The number of ether oxygens (including phenoxy) is 2. The number of rotatable bonds is 8. The Bertz CT molecular complexity index is 1170. The average molecular weight is 490 g/mol. The standard InChI is InChI=1S/C18H23N3O7S3/c1-11(2)17(18(22)20-10-12-3-6-16(29-12)30(19,23)24)21-31(25,26)13-4-5-14-15(9-13)28-8-7-27-14/h3-6,9,11,17,21H,7-8,10H2,1-2H3,(H,20,22)(H2,19,23,24)/t17-/m0/s1. The van der Waals surface area contributed by atoms with E-state index in [0.717, 1.165) is 11.3 Å². The van der Waals surface area contributed by atoms with E-state index in [1.807, 2.05) is 0 Å². The lowest BCUT2D eigenvalue weighted by Crippen LogP contribution is -2.49. The second-order valence-electron chi connectivity index (χ2n) is 7.13. The normalized spacial score (nSPS) is 15.0. The zero-order valence-electron chi connectivity index (χ0n) is 16.8. The van der Waals surface area contributed by atoms with Crippen molar-refractivity contribution in [2.24, 2.45) is 11.1 Å². The Morgan fingerprint density at radius 2 is 1.77 bits per heavy atom. The summed E-state index contributed by atoms with van der Waals surface area (Å²) in [4.78, 5) is 13.2. The van der Waals surface area contributed by atoms with Crippen LogP contribution in [-0.4, -0.2) is 42.0 Å². The van der Waals surface area contributed by atoms with Crippen molar-refractivity contribution in [3.63, 3.8) is 0 Å². The Hall–Kier alpha value is -2.19. The van der Waals surface area contributed by atoms with Crippen LogP contribution in [0.4, 0.5) is 0 Å². The molecular formula is C18H23N3O7S3. The fourth-order valence-electron chi connectivity index (χ4n) is 2.81. The van der Waals surface area contributed by atoms with Crippen molar-refractivity contribution in [2.75, 3.05) is 13.2 Å². The van der Waals surface area contributed by atoms with Gasteiger partial charge in [0.05, 0.1) is 11.4 Å². The Balaban J connectivity index is 1.71. The fourth-order valence-corrected chi connectivity index (χ4v) is 5.89. The van der Waals surface area contributed by atoms with Crippen LogP contribution in [0.25, 0.3) is 0 Å². The van der Waals surface area contributed by atoms with E-state index in [0.29, 0.717) is 29.6 Å². The molecule has 0 spiro atoms. The molecule has 0 saturated heterocycles. The average Bonchev–Trinajstić information content (AvgIpc) is 3.19. The van der Waals surface area contributed by atoms with Crippen molar-refractivity contribution in [1.29, 1.82) is 0 Å². The van der Waals surface area contributed by atoms with Gasteiger partial charge in [-0.15, -0.1) is 11.3 Å². The van der Waals surface area contributed by atoms with Gasteiger partial charge in [-0.2, -0.15) is 4.72 Å². The number of hydrogen-bond donors (Lipinski definition) is 3. The third-order valence-corrected chi connectivity index (χ3v) is 8.37. The molecule has 0 unspecified atom stereocenters. The van der Waals surface area contributed by atoms with Gasteiger partial charge in [-0.05, 0) is 30.2 Å². The van der Waals surface area contributed by atoms with Crippen LogP contribution in [0.15, 0.2) is 39.4 Å². The molecule has 2 aromatic rings. The van der Waals surface area contributed by atoms with Crippen molar-refractivity contribution in [1.82, 2.24) is 10.0 Å². The predicted octanol–water partition coefficient (Wildman–Crippen LogP) is 0.786. The molecule has 3 rings (SSSR count). The second kappa shape index (κ2) is 9.12. The van der Waals surface area contributed by atoms with Gasteiger partial charge in [0.2, 0.25) is 26.0 Å². The van der Waals surface area contributed by atoms with Gasteiger partial charge in [-0.25, -0.2) is 22.0 Å². The lowest BCUT2D eigenvalue weighted by molar-refractivity contribution is -0.123. The minimum atomic E-state index is -4.02. The summed E-state index contributed by atoms with van der Waals surface area (Å²) in [6, 6.07) is 6.09. The number of carbonyl (C=O) groups excluding carboxylic acids is 1. The van der Waals surface area contributed by atoms with Crippen molar-refractivity contribution >= 4 is 37.3 Å². The van der Waals surface area contributed by atoms with Crippen LogP contribution < -0.4 is 24.7 Å². The third-order valence-electron chi connectivity index (χ3n) is 4.41. The first-order chi connectivity index (χ1) is 14.5. The molecule has 13 heteroatoms. The highest BCUT2D eigenvalue weighted by atomic mass is 32.2. The molecule has 10 nitrogen and oxygen atoms in total. The summed E-state index contributed by atoms with van der Waals surface area (Å²) < 4.78 is 61.7. The molecular weight excluding hydrogens is 466 g/mol. The highest BCUT2D eigenvalue weighted by molar-refractivity contribution is 7.91. The number of fused-ring (bicyclic) bond motifs is 1. The van der Waals surface area contributed by atoms with E-state index in [2.05, 4.69) is 10.0 Å². The molecule has 1 aliphatic rings.